The summed E-state index contributed by atoms with van der Waals surface area (Å²) in [4.78, 5) is 26.9. The lowest BCUT2D eigenvalue weighted by molar-refractivity contribution is -0.385. The first-order valence-electron chi connectivity index (χ1n) is 7.63. The highest BCUT2D eigenvalue weighted by Gasteiger charge is 2.27. The fourth-order valence-electron chi connectivity index (χ4n) is 2.82. The first-order valence-corrected chi connectivity index (χ1v) is 7.63. The van der Waals surface area contributed by atoms with Crippen LogP contribution in [0.25, 0.3) is 0 Å². The molecule has 0 aromatic heterocycles. The molecule has 0 aliphatic carbocycles. The van der Waals surface area contributed by atoms with Crippen LogP contribution in [0.2, 0.25) is 0 Å². The van der Waals surface area contributed by atoms with Gasteiger partial charge in [-0.3, -0.25) is 14.9 Å². The van der Waals surface area contributed by atoms with Gasteiger partial charge in [-0.2, -0.15) is 0 Å². The first kappa shape index (κ1) is 15.8. The van der Waals surface area contributed by atoms with E-state index in [2.05, 4.69) is 4.90 Å². The second-order valence-electron chi connectivity index (χ2n) is 5.57. The second kappa shape index (κ2) is 6.57. The quantitative estimate of drug-likeness (QED) is 0.690. The number of nitrogens with zero attached hydrogens (tertiary/aromatic N) is 3. The molecule has 124 valence electrons. The molecule has 0 atom stereocenters. The average Bonchev–Trinajstić information content (AvgIpc) is 2.62. The number of phenols is 1. The van der Waals surface area contributed by atoms with E-state index in [0.29, 0.717) is 26.2 Å². The molecule has 0 radical (unpaired) electrons. The SMILES string of the molecule is O=C(c1ccccc1[N+](=O)[O-])N1CCN(c2ccc(O)cc2)CC1. The Labute approximate surface area is 138 Å². The number of carbonyl (C=O) groups excluding carboxylic acids is 1. The minimum absolute atomic E-state index is 0.126. The summed E-state index contributed by atoms with van der Waals surface area (Å²) in [7, 11) is 0. The minimum atomic E-state index is -0.528. The molecule has 1 heterocycles. The standard InChI is InChI=1S/C17H17N3O4/c21-14-7-5-13(6-8-14)18-9-11-19(12-10-18)17(22)15-3-1-2-4-16(15)20(23)24/h1-8,21H,9-12H2. The van der Waals surface area contributed by atoms with Gasteiger partial charge in [-0.15, -0.1) is 0 Å². The fourth-order valence-corrected chi connectivity index (χ4v) is 2.82. The Morgan fingerprint density at radius 2 is 1.62 bits per heavy atom. The third-order valence-corrected chi connectivity index (χ3v) is 4.11. The summed E-state index contributed by atoms with van der Waals surface area (Å²) in [5.74, 6) is -0.100. The van der Waals surface area contributed by atoms with E-state index >= 15 is 0 Å². The Morgan fingerprint density at radius 3 is 2.25 bits per heavy atom. The molecule has 1 N–H and O–H groups in total. The van der Waals surface area contributed by atoms with Crippen molar-refractivity contribution < 1.29 is 14.8 Å². The van der Waals surface area contributed by atoms with Crippen LogP contribution >= 0.6 is 0 Å². The Kier molecular flexibility index (Phi) is 4.33. The van der Waals surface area contributed by atoms with Crippen LogP contribution in [0, 0.1) is 10.1 Å². The summed E-state index contributed by atoms with van der Waals surface area (Å²) in [6, 6.07) is 12.9. The van der Waals surface area contributed by atoms with Crippen LogP contribution in [-0.4, -0.2) is 47.0 Å². The lowest BCUT2D eigenvalue weighted by Crippen LogP contribution is -2.48. The molecule has 2 aromatic rings. The van der Waals surface area contributed by atoms with Crippen LogP contribution in [-0.2, 0) is 0 Å². The number of hydrogen-bond donors (Lipinski definition) is 1. The maximum absolute atomic E-state index is 12.6. The van der Waals surface area contributed by atoms with Crippen LogP contribution < -0.4 is 4.90 Å². The Hall–Kier alpha value is -3.09. The fraction of sp³-hybridized carbons (Fsp3) is 0.235. The van der Waals surface area contributed by atoms with Gasteiger partial charge in [-0.05, 0) is 30.3 Å². The summed E-state index contributed by atoms with van der Waals surface area (Å²) in [5.41, 5.74) is 0.939. The smallest absolute Gasteiger partial charge is 0.282 e. The molecule has 0 saturated carbocycles. The zero-order chi connectivity index (χ0) is 17.1. The lowest BCUT2D eigenvalue weighted by atomic mass is 10.1. The number of benzene rings is 2. The van der Waals surface area contributed by atoms with Crippen molar-refractivity contribution in [2.75, 3.05) is 31.1 Å². The highest BCUT2D eigenvalue weighted by atomic mass is 16.6. The molecule has 24 heavy (non-hydrogen) atoms. The van der Waals surface area contributed by atoms with Crippen LogP contribution in [0.1, 0.15) is 10.4 Å². The van der Waals surface area contributed by atoms with Gasteiger partial charge in [0.2, 0.25) is 0 Å². The maximum atomic E-state index is 12.6. The van der Waals surface area contributed by atoms with Crippen LogP contribution in [0.3, 0.4) is 0 Å². The molecule has 1 aliphatic rings. The Balaban J connectivity index is 1.69. The predicted octanol–water partition coefficient (Wildman–Crippen LogP) is 2.26. The number of carbonyl (C=O) groups is 1. The van der Waals surface area contributed by atoms with Gasteiger partial charge in [0.15, 0.2) is 0 Å². The number of nitro benzene ring substituents is 1. The van der Waals surface area contributed by atoms with Gasteiger partial charge in [0.05, 0.1) is 4.92 Å². The van der Waals surface area contributed by atoms with Crippen molar-refractivity contribution >= 4 is 17.3 Å². The zero-order valence-electron chi connectivity index (χ0n) is 13.0. The van der Waals surface area contributed by atoms with Crippen LogP contribution in [0.5, 0.6) is 5.75 Å². The van der Waals surface area contributed by atoms with Gasteiger partial charge in [-0.1, -0.05) is 12.1 Å². The molecule has 0 unspecified atom stereocenters. The van der Waals surface area contributed by atoms with Crippen molar-refractivity contribution in [2.45, 2.75) is 0 Å². The highest BCUT2D eigenvalue weighted by Crippen LogP contribution is 2.23. The normalized spacial score (nSPS) is 14.5. The van der Waals surface area contributed by atoms with E-state index < -0.39 is 4.92 Å². The average molecular weight is 327 g/mol. The third kappa shape index (κ3) is 3.15. The monoisotopic (exact) mass is 327 g/mol. The van der Waals surface area contributed by atoms with E-state index in [1.807, 2.05) is 12.1 Å². The van der Waals surface area contributed by atoms with Gasteiger partial charge in [-0.25, -0.2) is 0 Å². The molecule has 1 saturated heterocycles. The highest BCUT2D eigenvalue weighted by molar-refractivity contribution is 5.98. The third-order valence-electron chi connectivity index (χ3n) is 4.11. The van der Waals surface area contributed by atoms with Crippen molar-refractivity contribution in [1.29, 1.82) is 0 Å². The van der Waals surface area contributed by atoms with Crippen molar-refractivity contribution in [3.8, 4) is 5.75 Å². The minimum Gasteiger partial charge on any atom is -0.508 e. The van der Waals surface area contributed by atoms with Gasteiger partial charge in [0, 0.05) is 37.9 Å². The Bertz CT molecular complexity index is 753. The number of nitro groups is 1. The van der Waals surface area contributed by atoms with Gasteiger partial charge in [0.1, 0.15) is 11.3 Å². The molecule has 7 heteroatoms. The summed E-state index contributed by atoms with van der Waals surface area (Å²) in [5, 5.41) is 20.4. The number of hydrogen-bond acceptors (Lipinski definition) is 5. The Morgan fingerprint density at radius 1 is 1.00 bits per heavy atom. The number of piperazine rings is 1. The van der Waals surface area contributed by atoms with Crippen molar-refractivity contribution in [3.05, 3.63) is 64.2 Å². The molecule has 3 rings (SSSR count). The van der Waals surface area contributed by atoms with Crippen LogP contribution in [0.4, 0.5) is 11.4 Å². The van der Waals surface area contributed by atoms with E-state index in [1.165, 1.54) is 12.1 Å². The van der Waals surface area contributed by atoms with E-state index in [9.17, 15) is 20.0 Å². The molecular formula is C17H17N3O4. The zero-order valence-corrected chi connectivity index (χ0v) is 13.0. The number of phenolic OH excluding ortho intramolecular Hbond substituents is 1. The summed E-state index contributed by atoms with van der Waals surface area (Å²) >= 11 is 0. The molecular weight excluding hydrogens is 310 g/mol. The van der Waals surface area contributed by atoms with E-state index in [0.717, 1.165) is 5.69 Å². The first-order chi connectivity index (χ1) is 11.6. The van der Waals surface area contributed by atoms with Crippen LogP contribution in [0.15, 0.2) is 48.5 Å². The largest absolute Gasteiger partial charge is 0.508 e. The molecule has 1 amide bonds. The molecule has 7 nitrogen and oxygen atoms in total. The molecule has 1 fully saturated rings. The second-order valence-corrected chi connectivity index (χ2v) is 5.57. The number of para-hydroxylation sites is 1. The summed E-state index contributed by atoms with van der Waals surface area (Å²) < 4.78 is 0. The topological polar surface area (TPSA) is 86.9 Å². The maximum Gasteiger partial charge on any atom is 0.282 e. The van der Waals surface area contributed by atoms with Gasteiger partial charge < -0.3 is 14.9 Å². The van der Waals surface area contributed by atoms with Crippen molar-refractivity contribution in [2.24, 2.45) is 0 Å². The summed E-state index contributed by atoms with van der Waals surface area (Å²) in [6.07, 6.45) is 0. The molecule has 1 aliphatic heterocycles. The molecule has 0 spiro atoms. The number of aromatic hydroxyl groups is 1. The summed E-state index contributed by atoms with van der Waals surface area (Å²) in [6.45, 7) is 2.26. The van der Waals surface area contributed by atoms with Gasteiger partial charge in [0.25, 0.3) is 11.6 Å². The van der Waals surface area contributed by atoms with E-state index in [1.54, 1.807) is 29.2 Å². The van der Waals surface area contributed by atoms with Crippen molar-refractivity contribution in [3.63, 3.8) is 0 Å². The predicted molar refractivity (Wildman–Crippen MR) is 89.3 cm³/mol. The van der Waals surface area contributed by atoms with Gasteiger partial charge >= 0.3 is 0 Å². The molecule has 0 bridgehead atoms. The number of amides is 1. The molecule has 2 aromatic carbocycles. The number of anilines is 1. The van der Waals surface area contributed by atoms with E-state index in [-0.39, 0.29) is 22.9 Å². The van der Waals surface area contributed by atoms with Crippen molar-refractivity contribution in [1.82, 2.24) is 4.90 Å². The van der Waals surface area contributed by atoms with E-state index in [4.69, 9.17) is 0 Å². The lowest BCUT2D eigenvalue weighted by Gasteiger charge is -2.36. The number of rotatable bonds is 3.